The quantitative estimate of drug-likeness (QED) is 0.599. The molecule has 2 spiro atoms. The highest BCUT2D eigenvalue weighted by Crippen LogP contribution is 2.52. The molecule has 10 nitrogen and oxygen atoms in total. The van der Waals surface area contributed by atoms with E-state index in [0.29, 0.717) is 0 Å². The summed E-state index contributed by atoms with van der Waals surface area (Å²) in [7, 11) is 5.11. The molecule has 2 heterocycles. The number of hydrogen-bond acceptors (Lipinski definition) is 10. The Balaban J connectivity index is 2.04. The molecular weight excluding hydrogens is 352 g/mol. The lowest BCUT2D eigenvalue weighted by molar-refractivity contribution is -0.215. The van der Waals surface area contributed by atoms with E-state index in [1.807, 2.05) is 0 Å². The third-order valence-corrected chi connectivity index (χ3v) is 4.99. The smallest absolute Gasteiger partial charge is 0.378 e. The number of carbonyl (C=O) groups is 2. The fourth-order valence-electron chi connectivity index (χ4n) is 3.85. The topological polar surface area (TPSA) is 130 Å². The third kappa shape index (κ3) is 2.12. The Labute approximate surface area is 148 Å². The average Bonchev–Trinajstić information content (AvgIpc) is 3.03. The molecule has 2 N–H and O–H groups in total. The molecule has 0 aromatic heterocycles. The number of methoxy groups -OCH3 is 4. The third-order valence-electron chi connectivity index (χ3n) is 4.99. The zero-order valence-corrected chi connectivity index (χ0v) is 14.7. The second-order valence-corrected chi connectivity index (χ2v) is 6.13. The highest BCUT2D eigenvalue weighted by Gasteiger charge is 2.68. The predicted molar refractivity (Wildman–Crippen MR) is 81.0 cm³/mol. The number of aliphatic hydroxyl groups excluding tert-OH is 2. The van der Waals surface area contributed by atoms with Gasteiger partial charge in [-0.05, 0) is 0 Å². The van der Waals surface area contributed by atoms with Gasteiger partial charge in [0.1, 0.15) is 12.2 Å². The predicted octanol–water partition coefficient (Wildman–Crippen LogP) is -0.898. The lowest BCUT2D eigenvalue weighted by Gasteiger charge is -2.47. The molecule has 0 unspecified atom stereocenters. The summed E-state index contributed by atoms with van der Waals surface area (Å²) < 4.78 is 31.1. The van der Waals surface area contributed by atoms with E-state index in [-0.39, 0.29) is 35.9 Å². The zero-order valence-electron chi connectivity index (χ0n) is 14.7. The Hall–Kier alpha value is -2.46. The molecule has 3 aliphatic rings. The monoisotopic (exact) mass is 372 g/mol. The molecule has 0 aromatic rings. The van der Waals surface area contributed by atoms with Crippen LogP contribution in [-0.2, 0) is 38.0 Å². The van der Waals surface area contributed by atoms with Gasteiger partial charge in [-0.15, -0.1) is 0 Å². The summed E-state index contributed by atoms with van der Waals surface area (Å²) in [6.45, 7) is 0. The molecule has 1 fully saturated rings. The Morgan fingerprint density at radius 2 is 1.12 bits per heavy atom. The maximum atomic E-state index is 12.1. The second-order valence-electron chi connectivity index (χ2n) is 6.13. The summed E-state index contributed by atoms with van der Waals surface area (Å²) in [5.41, 5.74) is -3.33. The normalized spacial score (nSPS) is 36.5. The fourth-order valence-corrected chi connectivity index (χ4v) is 3.85. The Morgan fingerprint density at radius 3 is 1.38 bits per heavy atom. The Kier molecular flexibility index (Phi) is 4.27. The van der Waals surface area contributed by atoms with Gasteiger partial charge in [0.2, 0.25) is 22.7 Å². The molecule has 3 rings (SSSR count). The summed E-state index contributed by atoms with van der Waals surface area (Å²) in [5.74, 6) is -2.11. The average molecular weight is 372 g/mol. The van der Waals surface area contributed by atoms with Crippen LogP contribution in [0.25, 0.3) is 0 Å². The molecule has 0 radical (unpaired) electrons. The molecule has 0 amide bonds. The van der Waals surface area contributed by atoms with Crippen molar-refractivity contribution >= 4 is 11.9 Å². The molecule has 0 bridgehead atoms. The van der Waals surface area contributed by atoms with Crippen LogP contribution in [-0.4, -0.2) is 74.0 Å². The van der Waals surface area contributed by atoms with Crippen molar-refractivity contribution in [2.45, 2.75) is 36.3 Å². The van der Waals surface area contributed by atoms with Crippen LogP contribution < -0.4 is 0 Å². The first-order chi connectivity index (χ1) is 12.3. The van der Waals surface area contributed by atoms with Gasteiger partial charge in [-0.25, -0.2) is 9.59 Å². The molecule has 1 aliphatic carbocycles. The largest absolute Gasteiger partial charge is 0.493 e. The summed E-state index contributed by atoms with van der Waals surface area (Å²) in [5, 5.41) is 21.7. The summed E-state index contributed by atoms with van der Waals surface area (Å²) in [4.78, 5) is 24.1. The van der Waals surface area contributed by atoms with E-state index in [2.05, 4.69) is 0 Å². The van der Waals surface area contributed by atoms with Gasteiger partial charge in [0, 0.05) is 12.8 Å². The van der Waals surface area contributed by atoms with Gasteiger partial charge in [0.15, 0.2) is 11.5 Å². The molecular formula is C16H20O10. The van der Waals surface area contributed by atoms with E-state index in [4.69, 9.17) is 28.4 Å². The van der Waals surface area contributed by atoms with Crippen molar-refractivity contribution in [1.29, 1.82) is 0 Å². The number of aliphatic hydroxyl groups is 2. The van der Waals surface area contributed by atoms with Gasteiger partial charge >= 0.3 is 11.9 Å². The Morgan fingerprint density at radius 1 is 0.769 bits per heavy atom. The highest BCUT2D eigenvalue weighted by molar-refractivity contribution is 5.91. The SMILES string of the molecule is COC1=C(OC)[C@]2(C[C@H](O)[C@@]3(C[C@@H]2O)OC(=O)C(OC)=C3OC)OC1=O. The molecule has 10 heteroatoms. The van der Waals surface area contributed by atoms with E-state index in [0.717, 1.165) is 0 Å². The molecule has 4 atom stereocenters. The zero-order chi connectivity index (χ0) is 19.3. The number of hydrogen-bond donors (Lipinski definition) is 2. The first-order valence-corrected chi connectivity index (χ1v) is 7.79. The highest BCUT2D eigenvalue weighted by atomic mass is 16.6. The van der Waals surface area contributed by atoms with Crippen LogP contribution in [0, 0.1) is 0 Å². The molecule has 1 saturated carbocycles. The van der Waals surface area contributed by atoms with Crippen molar-refractivity contribution in [3.8, 4) is 0 Å². The van der Waals surface area contributed by atoms with Crippen LogP contribution in [0.5, 0.6) is 0 Å². The van der Waals surface area contributed by atoms with Gasteiger partial charge in [-0.1, -0.05) is 0 Å². The Bertz CT molecular complexity index is 650. The van der Waals surface area contributed by atoms with Crippen molar-refractivity contribution in [2.75, 3.05) is 28.4 Å². The summed E-state index contributed by atoms with van der Waals surface area (Å²) >= 11 is 0. The number of ether oxygens (including phenoxy) is 6. The summed E-state index contributed by atoms with van der Waals surface area (Å²) in [6, 6.07) is 0. The minimum Gasteiger partial charge on any atom is -0.493 e. The second kappa shape index (κ2) is 6.06. The van der Waals surface area contributed by atoms with Crippen LogP contribution in [0.1, 0.15) is 12.8 Å². The van der Waals surface area contributed by atoms with Gasteiger partial charge in [-0.2, -0.15) is 0 Å². The maximum absolute atomic E-state index is 12.1. The molecule has 0 saturated heterocycles. The first-order valence-electron chi connectivity index (χ1n) is 7.79. The minimum atomic E-state index is -1.66. The van der Waals surface area contributed by atoms with Gasteiger partial charge in [-0.3, -0.25) is 0 Å². The fraction of sp³-hybridized carbons (Fsp3) is 0.625. The lowest BCUT2D eigenvalue weighted by Crippen LogP contribution is -2.62. The molecule has 2 aliphatic heterocycles. The van der Waals surface area contributed by atoms with Crippen LogP contribution >= 0.6 is 0 Å². The van der Waals surface area contributed by atoms with Crippen LogP contribution in [0.15, 0.2) is 23.0 Å². The molecule has 0 aromatic carbocycles. The van der Waals surface area contributed by atoms with E-state index in [1.165, 1.54) is 28.4 Å². The number of rotatable bonds is 4. The van der Waals surface area contributed by atoms with Crippen molar-refractivity contribution in [2.24, 2.45) is 0 Å². The van der Waals surface area contributed by atoms with Gasteiger partial charge in [0.25, 0.3) is 0 Å². The standard InChI is InChI=1S/C16H20O10/c1-21-9-11(23-3)15(25-13(9)19)5-8(18)16(6-7(15)17)12(24-4)10(22-2)14(20)26-16/h7-8,17-18H,5-6H2,1-4H3/t7-,8-,15+,16+/m0/s1. The minimum absolute atomic E-state index is 0.0364. The van der Waals surface area contributed by atoms with E-state index >= 15 is 0 Å². The number of carbonyl (C=O) groups excluding carboxylic acids is 2. The number of esters is 2. The van der Waals surface area contributed by atoms with Crippen molar-refractivity contribution in [3.63, 3.8) is 0 Å². The van der Waals surface area contributed by atoms with E-state index in [9.17, 15) is 19.8 Å². The lowest BCUT2D eigenvalue weighted by atomic mass is 9.70. The molecule has 26 heavy (non-hydrogen) atoms. The maximum Gasteiger partial charge on any atom is 0.378 e. The van der Waals surface area contributed by atoms with E-state index < -0.39 is 35.3 Å². The summed E-state index contributed by atoms with van der Waals surface area (Å²) in [6.07, 6.45) is -3.39. The van der Waals surface area contributed by atoms with Gasteiger partial charge < -0.3 is 38.6 Å². The van der Waals surface area contributed by atoms with Crippen molar-refractivity contribution in [1.82, 2.24) is 0 Å². The molecule has 144 valence electrons. The first kappa shape index (κ1) is 18.3. The van der Waals surface area contributed by atoms with Crippen LogP contribution in [0.3, 0.4) is 0 Å². The van der Waals surface area contributed by atoms with Crippen molar-refractivity contribution in [3.05, 3.63) is 23.0 Å². The van der Waals surface area contributed by atoms with Crippen LogP contribution in [0.2, 0.25) is 0 Å². The van der Waals surface area contributed by atoms with Gasteiger partial charge in [0.05, 0.1) is 28.4 Å². The van der Waals surface area contributed by atoms with E-state index in [1.54, 1.807) is 0 Å². The van der Waals surface area contributed by atoms with Crippen LogP contribution in [0.4, 0.5) is 0 Å². The van der Waals surface area contributed by atoms with Crippen molar-refractivity contribution < 1.29 is 48.2 Å².